The first-order valence-electron chi connectivity index (χ1n) is 6.70. The lowest BCUT2D eigenvalue weighted by Gasteiger charge is -2.19. The van der Waals surface area contributed by atoms with Gasteiger partial charge in [0.2, 0.25) is 5.91 Å². The number of aryl methyl sites for hydroxylation is 1. The molecule has 5 heteroatoms. The lowest BCUT2D eigenvalue weighted by atomic mass is 10.0. The minimum absolute atomic E-state index is 0.0532. The Labute approximate surface area is 127 Å². The Hall–Kier alpha value is -2.14. The molecule has 1 aliphatic rings. The Morgan fingerprint density at radius 2 is 1.95 bits per heavy atom. The summed E-state index contributed by atoms with van der Waals surface area (Å²) in [5, 5.41) is 2.86. The quantitative estimate of drug-likeness (QED) is 0.854. The fourth-order valence-corrected chi connectivity index (χ4v) is 3.19. The molecule has 0 saturated heterocycles. The number of nitrogens with two attached hydrogens (primary N) is 1. The lowest BCUT2D eigenvalue weighted by molar-refractivity contribution is -0.116. The highest BCUT2D eigenvalue weighted by atomic mass is 32.2. The standard InChI is InChI=1S/C16H16N2O2S/c1-20-11-3-5-12(6-4-11)21-15-8-10-2-7-16(19)18-14(10)9-13(15)17/h3-6,8-9H,2,7,17H2,1H3,(H,18,19). The van der Waals surface area contributed by atoms with Gasteiger partial charge in [0.1, 0.15) is 5.75 Å². The SMILES string of the molecule is COc1ccc(Sc2cc3c(cc2N)NC(=O)CC3)cc1. The topological polar surface area (TPSA) is 64.3 Å². The van der Waals surface area contributed by atoms with Crippen LogP contribution in [0.25, 0.3) is 0 Å². The number of fused-ring (bicyclic) bond motifs is 1. The second-order valence-corrected chi connectivity index (χ2v) is 5.99. The van der Waals surface area contributed by atoms with E-state index in [1.807, 2.05) is 30.3 Å². The first-order chi connectivity index (χ1) is 10.2. The molecule has 108 valence electrons. The molecule has 0 aromatic heterocycles. The van der Waals surface area contributed by atoms with Gasteiger partial charge in [-0.15, -0.1) is 0 Å². The third-order valence-electron chi connectivity index (χ3n) is 3.42. The number of anilines is 2. The van der Waals surface area contributed by atoms with Gasteiger partial charge < -0.3 is 15.8 Å². The van der Waals surface area contributed by atoms with Gasteiger partial charge in [-0.05, 0) is 48.4 Å². The normalized spacial score (nSPS) is 13.5. The van der Waals surface area contributed by atoms with Crippen LogP contribution < -0.4 is 15.8 Å². The second kappa shape index (κ2) is 5.69. The van der Waals surface area contributed by atoms with Crippen LogP contribution in [0.15, 0.2) is 46.2 Å². The van der Waals surface area contributed by atoms with Crippen LogP contribution in [-0.2, 0) is 11.2 Å². The molecule has 0 fully saturated rings. The maximum Gasteiger partial charge on any atom is 0.224 e. The Bertz CT molecular complexity index is 683. The van der Waals surface area contributed by atoms with E-state index in [9.17, 15) is 4.79 Å². The van der Waals surface area contributed by atoms with E-state index in [4.69, 9.17) is 10.5 Å². The van der Waals surface area contributed by atoms with E-state index in [0.29, 0.717) is 12.1 Å². The number of nitrogens with one attached hydrogen (secondary N) is 1. The zero-order valence-corrected chi connectivity index (χ0v) is 12.5. The fraction of sp³-hybridized carbons (Fsp3) is 0.188. The second-order valence-electron chi connectivity index (χ2n) is 4.87. The average Bonchev–Trinajstić information content (AvgIpc) is 2.49. The molecule has 1 aliphatic heterocycles. The van der Waals surface area contributed by atoms with Crippen molar-refractivity contribution in [1.82, 2.24) is 0 Å². The number of nitrogen functional groups attached to an aromatic ring is 1. The van der Waals surface area contributed by atoms with Gasteiger partial charge in [0.05, 0.1) is 7.11 Å². The van der Waals surface area contributed by atoms with E-state index in [-0.39, 0.29) is 5.91 Å². The molecule has 0 spiro atoms. The lowest BCUT2D eigenvalue weighted by Crippen LogP contribution is -2.19. The third-order valence-corrected chi connectivity index (χ3v) is 4.50. The summed E-state index contributed by atoms with van der Waals surface area (Å²) in [5.41, 5.74) is 8.75. The summed E-state index contributed by atoms with van der Waals surface area (Å²) in [6.45, 7) is 0. The monoisotopic (exact) mass is 300 g/mol. The summed E-state index contributed by atoms with van der Waals surface area (Å²) in [4.78, 5) is 13.5. The molecule has 2 aromatic carbocycles. The van der Waals surface area contributed by atoms with Gasteiger partial charge in [0.15, 0.2) is 0 Å². The molecule has 1 heterocycles. The van der Waals surface area contributed by atoms with Crippen molar-refractivity contribution in [3.05, 3.63) is 42.0 Å². The molecule has 4 nitrogen and oxygen atoms in total. The van der Waals surface area contributed by atoms with Gasteiger partial charge in [-0.1, -0.05) is 11.8 Å². The molecule has 0 radical (unpaired) electrons. The molecule has 0 unspecified atom stereocenters. The van der Waals surface area contributed by atoms with Crippen LogP contribution >= 0.6 is 11.8 Å². The average molecular weight is 300 g/mol. The summed E-state index contributed by atoms with van der Waals surface area (Å²) in [5.74, 6) is 0.887. The predicted molar refractivity (Wildman–Crippen MR) is 84.9 cm³/mol. The van der Waals surface area contributed by atoms with Gasteiger partial charge in [0.25, 0.3) is 0 Å². The Kier molecular flexibility index (Phi) is 3.75. The van der Waals surface area contributed by atoms with Crippen LogP contribution in [0.2, 0.25) is 0 Å². The molecule has 0 saturated carbocycles. The van der Waals surface area contributed by atoms with E-state index in [0.717, 1.165) is 33.2 Å². The number of amides is 1. The molecule has 1 amide bonds. The van der Waals surface area contributed by atoms with Crippen LogP contribution in [0.5, 0.6) is 5.75 Å². The first kappa shape index (κ1) is 13.8. The van der Waals surface area contributed by atoms with Crippen molar-refractivity contribution in [3.8, 4) is 5.75 Å². The molecule has 3 rings (SSSR count). The molecular weight excluding hydrogens is 284 g/mol. The minimum Gasteiger partial charge on any atom is -0.497 e. The van der Waals surface area contributed by atoms with Gasteiger partial charge in [-0.3, -0.25) is 4.79 Å². The van der Waals surface area contributed by atoms with Gasteiger partial charge in [0, 0.05) is 27.6 Å². The van der Waals surface area contributed by atoms with Crippen molar-refractivity contribution in [2.45, 2.75) is 22.6 Å². The summed E-state index contributed by atoms with van der Waals surface area (Å²) < 4.78 is 5.15. The summed E-state index contributed by atoms with van der Waals surface area (Å²) >= 11 is 1.61. The maximum absolute atomic E-state index is 11.4. The minimum atomic E-state index is 0.0532. The summed E-state index contributed by atoms with van der Waals surface area (Å²) in [6, 6.07) is 11.8. The van der Waals surface area contributed by atoms with E-state index in [1.165, 1.54) is 0 Å². The van der Waals surface area contributed by atoms with Crippen LogP contribution in [0, 0.1) is 0 Å². The summed E-state index contributed by atoms with van der Waals surface area (Å²) in [7, 11) is 1.65. The highest BCUT2D eigenvalue weighted by Crippen LogP contribution is 2.37. The largest absolute Gasteiger partial charge is 0.497 e. The van der Waals surface area contributed by atoms with E-state index in [2.05, 4.69) is 11.4 Å². The van der Waals surface area contributed by atoms with Gasteiger partial charge in [-0.2, -0.15) is 0 Å². The van der Waals surface area contributed by atoms with Crippen LogP contribution in [0.1, 0.15) is 12.0 Å². The van der Waals surface area contributed by atoms with E-state index in [1.54, 1.807) is 18.9 Å². The molecule has 0 aliphatic carbocycles. The highest BCUT2D eigenvalue weighted by Gasteiger charge is 2.17. The number of benzene rings is 2. The smallest absolute Gasteiger partial charge is 0.224 e. The van der Waals surface area contributed by atoms with Crippen molar-refractivity contribution < 1.29 is 9.53 Å². The Morgan fingerprint density at radius 3 is 2.67 bits per heavy atom. The van der Waals surface area contributed by atoms with Gasteiger partial charge in [-0.25, -0.2) is 0 Å². The van der Waals surface area contributed by atoms with Crippen molar-refractivity contribution in [2.24, 2.45) is 0 Å². The van der Waals surface area contributed by atoms with Crippen LogP contribution in [-0.4, -0.2) is 13.0 Å². The molecule has 0 bridgehead atoms. The first-order valence-corrected chi connectivity index (χ1v) is 7.51. The number of methoxy groups -OCH3 is 1. The van der Waals surface area contributed by atoms with Crippen molar-refractivity contribution in [3.63, 3.8) is 0 Å². The van der Waals surface area contributed by atoms with E-state index < -0.39 is 0 Å². The van der Waals surface area contributed by atoms with E-state index >= 15 is 0 Å². The molecular formula is C16H16N2O2S. The van der Waals surface area contributed by atoms with Crippen molar-refractivity contribution in [2.75, 3.05) is 18.2 Å². The maximum atomic E-state index is 11.4. The molecule has 0 atom stereocenters. The van der Waals surface area contributed by atoms with Gasteiger partial charge >= 0.3 is 0 Å². The highest BCUT2D eigenvalue weighted by molar-refractivity contribution is 7.99. The predicted octanol–water partition coefficient (Wildman–Crippen LogP) is 3.31. The van der Waals surface area contributed by atoms with Crippen molar-refractivity contribution in [1.29, 1.82) is 0 Å². The Morgan fingerprint density at radius 1 is 1.19 bits per heavy atom. The molecule has 3 N–H and O–H groups in total. The number of hydrogen-bond acceptors (Lipinski definition) is 4. The van der Waals surface area contributed by atoms with Crippen molar-refractivity contribution >= 4 is 29.0 Å². The number of carbonyl (C=O) groups excluding carboxylic acids is 1. The fourth-order valence-electron chi connectivity index (χ4n) is 2.28. The van der Waals surface area contributed by atoms with Crippen LogP contribution in [0.3, 0.4) is 0 Å². The molecule has 21 heavy (non-hydrogen) atoms. The summed E-state index contributed by atoms with van der Waals surface area (Å²) in [6.07, 6.45) is 1.29. The third kappa shape index (κ3) is 2.97. The van der Waals surface area contributed by atoms with Crippen LogP contribution in [0.4, 0.5) is 11.4 Å². The molecule has 2 aromatic rings. The zero-order chi connectivity index (χ0) is 14.8. The number of hydrogen-bond donors (Lipinski definition) is 2. The Balaban J connectivity index is 1.86. The number of ether oxygens (including phenoxy) is 1. The zero-order valence-electron chi connectivity index (χ0n) is 11.7. The number of rotatable bonds is 3. The number of carbonyl (C=O) groups is 1.